The Balaban J connectivity index is 1.87. The average Bonchev–Trinajstić information content (AvgIpc) is 2.72. The highest BCUT2D eigenvalue weighted by Gasteiger charge is 2.07. The van der Waals surface area contributed by atoms with Crippen LogP contribution in [0.15, 0.2) is 78.9 Å². The van der Waals surface area contributed by atoms with Gasteiger partial charge in [-0.2, -0.15) is 0 Å². The minimum atomic E-state index is 0.247. The van der Waals surface area contributed by atoms with Crippen LogP contribution in [0, 0.1) is 0 Å². The Labute approximate surface area is 159 Å². The van der Waals surface area contributed by atoms with Gasteiger partial charge in [0.2, 0.25) is 0 Å². The van der Waals surface area contributed by atoms with Crippen LogP contribution < -0.4 is 4.74 Å². The van der Waals surface area contributed by atoms with Gasteiger partial charge in [-0.15, -0.1) is 0 Å². The Morgan fingerprint density at radius 3 is 2.11 bits per heavy atom. The van der Waals surface area contributed by atoms with E-state index in [0.29, 0.717) is 13.0 Å². The third-order valence-corrected chi connectivity index (χ3v) is 4.19. The maximum absolute atomic E-state index is 10.4. The van der Waals surface area contributed by atoms with Crippen molar-refractivity contribution in [3.8, 4) is 11.5 Å². The summed E-state index contributed by atoms with van der Waals surface area (Å²) in [5, 5.41) is 9.60. The third-order valence-electron chi connectivity index (χ3n) is 4.19. The molecule has 0 radical (unpaired) electrons. The summed E-state index contributed by atoms with van der Waals surface area (Å²) in [6.45, 7) is 0.531. The first-order valence-corrected chi connectivity index (χ1v) is 8.99. The summed E-state index contributed by atoms with van der Waals surface area (Å²) in [7, 11) is 0. The molecule has 3 nitrogen and oxygen atoms in total. The van der Waals surface area contributed by atoms with Crippen LogP contribution in [0.4, 0.5) is 0 Å². The molecule has 0 aliphatic heterocycles. The molecule has 0 saturated carbocycles. The van der Waals surface area contributed by atoms with E-state index in [0.717, 1.165) is 40.7 Å². The van der Waals surface area contributed by atoms with Gasteiger partial charge in [-0.3, -0.25) is 0 Å². The van der Waals surface area contributed by atoms with E-state index >= 15 is 0 Å². The summed E-state index contributed by atoms with van der Waals surface area (Å²) < 4.78 is 5.67. The number of benzene rings is 3. The van der Waals surface area contributed by atoms with Gasteiger partial charge in [0.15, 0.2) is 0 Å². The lowest BCUT2D eigenvalue weighted by molar-refractivity contribution is -0.108. The molecular weight excluding hydrogens is 336 g/mol. The molecule has 0 amide bonds. The van der Waals surface area contributed by atoms with Gasteiger partial charge in [-0.1, -0.05) is 54.6 Å². The first kappa shape index (κ1) is 18.5. The van der Waals surface area contributed by atoms with Gasteiger partial charge in [0.05, 0.1) is 6.61 Å². The fraction of sp³-hybridized carbons (Fsp3) is 0.125. The molecule has 0 fully saturated rings. The van der Waals surface area contributed by atoms with Gasteiger partial charge in [0.25, 0.3) is 0 Å². The number of carbonyl (C=O) groups is 1. The van der Waals surface area contributed by atoms with E-state index in [4.69, 9.17) is 4.74 Å². The largest absolute Gasteiger partial charge is 0.508 e. The molecule has 0 bridgehead atoms. The number of hydrogen-bond donors (Lipinski definition) is 1. The van der Waals surface area contributed by atoms with E-state index in [1.54, 1.807) is 12.1 Å². The first-order valence-electron chi connectivity index (χ1n) is 8.99. The lowest BCUT2D eigenvalue weighted by Crippen LogP contribution is -1.97. The van der Waals surface area contributed by atoms with Crippen molar-refractivity contribution in [1.29, 1.82) is 0 Å². The fourth-order valence-corrected chi connectivity index (χ4v) is 2.78. The SMILES string of the molecule is O=CCCCOc1ccc(/C(=C\c2ccccc2)c2ccc(O)cc2)cc1. The van der Waals surface area contributed by atoms with Crippen LogP contribution in [0.2, 0.25) is 0 Å². The molecule has 0 spiro atoms. The molecule has 3 aromatic carbocycles. The second-order valence-electron chi connectivity index (χ2n) is 6.20. The molecule has 3 rings (SSSR count). The van der Waals surface area contributed by atoms with E-state index < -0.39 is 0 Å². The monoisotopic (exact) mass is 358 g/mol. The van der Waals surface area contributed by atoms with Crippen molar-refractivity contribution < 1.29 is 14.6 Å². The average molecular weight is 358 g/mol. The highest BCUT2D eigenvalue weighted by atomic mass is 16.5. The van der Waals surface area contributed by atoms with Crippen LogP contribution in [0.3, 0.4) is 0 Å². The lowest BCUT2D eigenvalue weighted by Gasteiger charge is -2.11. The Hall–Kier alpha value is -3.33. The lowest BCUT2D eigenvalue weighted by atomic mass is 9.95. The van der Waals surface area contributed by atoms with Crippen molar-refractivity contribution in [2.75, 3.05) is 6.61 Å². The summed E-state index contributed by atoms with van der Waals surface area (Å²) in [5.74, 6) is 1.03. The Kier molecular flexibility index (Phi) is 6.42. The third kappa shape index (κ3) is 5.32. The predicted molar refractivity (Wildman–Crippen MR) is 109 cm³/mol. The topological polar surface area (TPSA) is 46.5 Å². The molecule has 0 unspecified atom stereocenters. The maximum atomic E-state index is 10.4. The molecule has 0 atom stereocenters. The van der Waals surface area contributed by atoms with Crippen molar-refractivity contribution in [2.45, 2.75) is 12.8 Å². The summed E-state index contributed by atoms with van der Waals surface area (Å²) in [5.41, 5.74) is 4.25. The van der Waals surface area contributed by atoms with Crippen molar-refractivity contribution >= 4 is 17.9 Å². The van der Waals surface area contributed by atoms with Gasteiger partial charge < -0.3 is 14.6 Å². The van der Waals surface area contributed by atoms with Gasteiger partial charge in [-0.05, 0) is 59.0 Å². The Morgan fingerprint density at radius 1 is 0.852 bits per heavy atom. The summed E-state index contributed by atoms with van der Waals surface area (Å²) in [6, 6.07) is 25.3. The van der Waals surface area contributed by atoms with Gasteiger partial charge in [-0.25, -0.2) is 0 Å². The standard InChI is InChI=1S/C24H22O3/c25-16-4-5-17-27-23-14-10-21(11-15-23)24(18-19-6-2-1-3-7-19)20-8-12-22(26)13-9-20/h1-3,6-16,18,26H,4-5,17H2/b24-18-. The summed E-state index contributed by atoms with van der Waals surface area (Å²) in [4.78, 5) is 10.4. The number of aldehydes is 1. The molecule has 0 aliphatic carbocycles. The van der Waals surface area contributed by atoms with Crippen LogP contribution in [-0.2, 0) is 4.79 Å². The number of ether oxygens (including phenoxy) is 1. The zero-order chi connectivity index (χ0) is 18.9. The second kappa shape index (κ2) is 9.39. The normalized spacial score (nSPS) is 11.2. The number of rotatable bonds is 8. The van der Waals surface area contributed by atoms with Gasteiger partial charge in [0.1, 0.15) is 17.8 Å². The van der Waals surface area contributed by atoms with Crippen LogP contribution in [0.5, 0.6) is 11.5 Å². The van der Waals surface area contributed by atoms with Crippen molar-refractivity contribution in [3.05, 3.63) is 95.6 Å². The first-order chi connectivity index (χ1) is 13.3. The molecule has 0 saturated heterocycles. The van der Waals surface area contributed by atoms with Crippen molar-refractivity contribution in [3.63, 3.8) is 0 Å². The molecule has 27 heavy (non-hydrogen) atoms. The van der Waals surface area contributed by atoms with E-state index in [2.05, 4.69) is 18.2 Å². The summed E-state index contributed by atoms with van der Waals surface area (Å²) >= 11 is 0. The number of aromatic hydroxyl groups is 1. The maximum Gasteiger partial charge on any atom is 0.120 e. The van der Waals surface area contributed by atoms with Crippen LogP contribution >= 0.6 is 0 Å². The van der Waals surface area contributed by atoms with E-state index in [9.17, 15) is 9.90 Å². The zero-order valence-corrected chi connectivity index (χ0v) is 15.0. The molecule has 3 heteroatoms. The minimum absolute atomic E-state index is 0.247. The number of phenolic OH excluding ortho intramolecular Hbond substituents is 1. The molecule has 1 N–H and O–H groups in total. The molecule has 3 aromatic rings. The summed E-state index contributed by atoms with van der Waals surface area (Å²) in [6.07, 6.45) is 4.28. The minimum Gasteiger partial charge on any atom is -0.508 e. The number of carbonyl (C=O) groups excluding carboxylic acids is 1. The highest BCUT2D eigenvalue weighted by Crippen LogP contribution is 2.28. The Morgan fingerprint density at radius 2 is 1.48 bits per heavy atom. The molecule has 0 aromatic heterocycles. The number of hydrogen-bond acceptors (Lipinski definition) is 3. The van der Waals surface area contributed by atoms with Crippen LogP contribution in [0.25, 0.3) is 11.6 Å². The van der Waals surface area contributed by atoms with Crippen molar-refractivity contribution in [1.82, 2.24) is 0 Å². The smallest absolute Gasteiger partial charge is 0.120 e. The van der Waals surface area contributed by atoms with Crippen LogP contribution in [-0.4, -0.2) is 18.0 Å². The van der Waals surface area contributed by atoms with Crippen molar-refractivity contribution in [2.24, 2.45) is 0 Å². The molecular formula is C24H22O3. The molecule has 0 heterocycles. The fourth-order valence-electron chi connectivity index (χ4n) is 2.78. The predicted octanol–water partition coefficient (Wildman–Crippen LogP) is 5.34. The Bertz CT molecular complexity index is 879. The van der Waals surface area contributed by atoms with Crippen LogP contribution in [0.1, 0.15) is 29.5 Å². The molecule has 0 aliphatic rings. The van der Waals surface area contributed by atoms with Gasteiger partial charge >= 0.3 is 0 Å². The number of unbranched alkanes of at least 4 members (excludes halogenated alkanes) is 1. The molecule has 136 valence electrons. The quantitative estimate of drug-likeness (QED) is 0.336. The van der Waals surface area contributed by atoms with E-state index in [1.165, 1.54) is 0 Å². The second-order valence-corrected chi connectivity index (χ2v) is 6.20. The van der Waals surface area contributed by atoms with E-state index in [-0.39, 0.29) is 5.75 Å². The number of phenols is 1. The zero-order valence-electron chi connectivity index (χ0n) is 15.0. The van der Waals surface area contributed by atoms with E-state index in [1.807, 2.05) is 54.6 Å². The van der Waals surface area contributed by atoms with Gasteiger partial charge in [0, 0.05) is 6.42 Å². The highest BCUT2D eigenvalue weighted by molar-refractivity contribution is 5.91.